The van der Waals surface area contributed by atoms with Crippen LogP contribution in [0.3, 0.4) is 0 Å². The highest BCUT2D eigenvalue weighted by atomic mass is 32.1. The predicted octanol–water partition coefficient (Wildman–Crippen LogP) is 3.50. The fourth-order valence-electron chi connectivity index (χ4n) is 1.58. The minimum atomic E-state index is -4.40. The van der Waals surface area contributed by atoms with Crippen molar-refractivity contribution in [1.82, 2.24) is 10.3 Å². The Morgan fingerprint density at radius 1 is 1.30 bits per heavy atom. The quantitative estimate of drug-likeness (QED) is 0.918. The molecule has 1 atom stereocenters. The van der Waals surface area contributed by atoms with Gasteiger partial charge in [0.15, 0.2) is 5.01 Å². The van der Waals surface area contributed by atoms with Crippen LogP contribution in [0.2, 0.25) is 0 Å². The Bertz CT molecular complexity index is 542. The monoisotopic (exact) mass is 302 g/mol. The van der Waals surface area contributed by atoms with Crippen molar-refractivity contribution in [2.45, 2.75) is 12.2 Å². The number of aromatic nitrogens is 1. The van der Waals surface area contributed by atoms with E-state index in [-0.39, 0.29) is 12.6 Å². The molecule has 0 aliphatic rings. The lowest BCUT2D eigenvalue weighted by Gasteiger charge is -2.15. The zero-order valence-corrected chi connectivity index (χ0v) is 11.5. The highest BCUT2D eigenvalue weighted by Crippen LogP contribution is 2.34. The van der Waals surface area contributed by atoms with Gasteiger partial charge in [-0.25, -0.2) is 4.98 Å². The van der Waals surface area contributed by atoms with Gasteiger partial charge in [0.05, 0.1) is 6.04 Å². The van der Waals surface area contributed by atoms with Crippen molar-refractivity contribution in [3.05, 3.63) is 46.4 Å². The molecule has 1 unspecified atom stereocenters. The molecule has 2 aromatic rings. The number of nitrogens with zero attached hydrogens (tertiary/aromatic N) is 1. The molecule has 0 aliphatic carbocycles. The Morgan fingerprint density at radius 2 is 2.00 bits per heavy atom. The molecule has 3 nitrogen and oxygen atoms in total. The third-order valence-corrected chi connectivity index (χ3v) is 3.77. The van der Waals surface area contributed by atoms with Crippen molar-refractivity contribution in [2.24, 2.45) is 0 Å². The molecule has 1 N–H and O–H groups in total. The molecule has 1 aromatic carbocycles. The van der Waals surface area contributed by atoms with E-state index in [1.54, 1.807) is 19.2 Å². The molecule has 0 saturated heterocycles. The van der Waals surface area contributed by atoms with Crippen molar-refractivity contribution in [3.63, 3.8) is 0 Å². The van der Waals surface area contributed by atoms with Gasteiger partial charge in [0.25, 0.3) is 0 Å². The molecule has 7 heteroatoms. The van der Waals surface area contributed by atoms with Crippen molar-refractivity contribution in [2.75, 3.05) is 13.7 Å². The molecule has 0 amide bonds. The molecule has 0 spiro atoms. The van der Waals surface area contributed by atoms with Gasteiger partial charge < -0.3 is 10.1 Å². The van der Waals surface area contributed by atoms with Gasteiger partial charge in [0.1, 0.15) is 12.4 Å². The first-order valence-corrected chi connectivity index (χ1v) is 6.70. The summed E-state index contributed by atoms with van der Waals surface area (Å²) in [5, 5.41) is 2.09. The van der Waals surface area contributed by atoms with Crippen molar-refractivity contribution in [1.29, 1.82) is 0 Å². The van der Waals surface area contributed by atoms with Gasteiger partial charge in [-0.2, -0.15) is 13.2 Å². The second kappa shape index (κ2) is 6.23. The third kappa shape index (κ3) is 3.71. The maximum Gasteiger partial charge on any atom is 0.443 e. The first kappa shape index (κ1) is 14.8. The Labute approximate surface area is 118 Å². The van der Waals surface area contributed by atoms with Gasteiger partial charge >= 0.3 is 6.18 Å². The Hall–Kier alpha value is -1.60. The standard InChI is InChI=1S/C13H13F3N2OS/c1-17-10(8-19-9-5-3-2-4-6-9)11-7-18-12(20-11)13(14,15)16/h2-7,10,17H,8H2,1H3. The van der Waals surface area contributed by atoms with Crippen molar-refractivity contribution >= 4 is 11.3 Å². The number of hydrogen-bond acceptors (Lipinski definition) is 4. The van der Waals surface area contributed by atoms with Crippen molar-refractivity contribution in [3.8, 4) is 5.75 Å². The van der Waals surface area contributed by atoms with Gasteiger partial charge in [-0.1, -0.05) is 18.2 Å². The number of likely N-dealkylation sites (N-methyl/N-ethyl adjacent to an activating group) is 1. The molecule has 20 heavy (non-hydrogen) atoms. The average Bonchev–Trinajstić information content (AvgIpc) is 2.90. The number of nitrogens with one attached hydrogen (secondary N) is 1. The number of alkyl halides is 3. The molecule has 1 heterocycles. The van der Waals surface area contributed by atoms with E-state index < -0.39 is 11.2 Å². The van der Waals surface area contributed by atoms with Gasteiger partial charge in [-0.05, 0) is 19.2 Å². The maximum atomic E-state index is 12.5. The summed E-state index contributed by atoms with van der Waals surface area (Å²) in [4.78, 5) is 3.91. The summed E-state index contributed by atoms with van der Waals surface area (Å²) in [6.45, 7) is 0.236. The van der Waals surface area contributed by atoms with E-state index in [2.05, 4.69) is 10.3 Å². The molecule has 0 saturated carbocycles. The molecular formula is C13H13F3N2OS. The normalized spacial score (nSPS) is 13.2. The topological polar surface area (TPSA) is 34.1 Å². The molecule has 0 fully saturated rings. The zero-order valence-electron chi connectivity index (χ0n) is 10.6. The summed E-state index contributed by atoms with van der Waals surface area (Å²) in [5.74, 6) is 0.674. The van der Waals surface area contributed by atoms with Crippen LogP contribution in [0.1, 0.15) is 15.9 Å². The fourth-order valence-corrected chi connectivity index (χ4v) is 2.46. The van der Waals surface area contributed by atoms with E-state index in [1.807, 2.05) is 18.2 Å². The number of hydrogen-bond donors (Lipinski definition) is 1. The maximum absolute atomic E-state index is 12.5. The molecule has 2 rings (SSSR count). The largest absolute Gasteiger partial charge is 0.492 e. The van der Waals surface area contributed by atoms with Crippen LogP contribution in [0.4, 0.5) is 13.2 Å². The van der Waals surface area contributed by atoms with Crippen LogP contribution in [0.25, 0.3) is 0 Å². The third-order valence-electron chi connectivity index (χ3n) is 2.62. The summed E-state index contributed by atoms with van der Waals surface area (Å²) in [7, 11) is 1.67. The number of ether oxygens (including phenoxy) is 1. The van der Waals surface area contributed by atoms with E-state index in [1.165, 1.54) is 6.20 Å². The predicted molar refractivity (Wildman–Crippen MR) is 70.9 cm³/mol. The number of rotatable bonds is 5. The average molecular weight is 302 g/mol. The van der Waals surface area contributed by atoms with Gasteiger partial charge in [0.2, 0.25) is 0 Å². The summed E-state index contributed by atoms with van der Waals surface area (Å²) < 4.78 is 43.1. The van der Waals surface area contributed by atoms with E-state index in [9.17, 15) is 13.2 Å². The number of para-hydroxylation sites is 1. The SMILES string of the molecule is CNC(COc1ccccc1)c1cnc(C(F)(F)F)s1. The van der Waals surface area contributed by atoms with Crippen LogP contribution in [-0.2, 0) is 6.18 Å². The minimum absolute atomic E-state index is 0.236. The molecule has 0 aliphatic heterocycles. The molecule has 1 aromatic heterocycles. The van der Waals surface area contributed by atoms with Crippen LogP contribution in [0.15, 0.2) is 36.5 Å². The highest BCUT2D eigenvalue weighted by molar-refractivity contribution is 7.11. The minimum Gasteiger partial charge on any atom is -0.492 e. The van der Waals surface area contributed by atoms with Crippen LogP contribution >= 0.6 is 11.3 Å². The smallest absolute Gasteiger partial charge is 0.443 e. The van der Waals surface area contributed by atoms with Crippen LogP contribution in [0, 0.1) is 0 Å². The van der Waals surface area contributed by atoms with Gasteiger partial charge in [0, 0.05) is 11.1 Å². The van der Waals surface area contributed by atoms with Gasteiger partial charge in [-0.15, -0.1) is 11.3 Å². The summed E-state index contributed by atoms with van der Waals surface area (Å²) >= 11 is 0.629. The Balaban J connectivity index is 2.03. The zero-order chi connectivity index (χ0) is 14.6. The van der Waals surface area contributed by atoms with E-state index in [0.717, 1.165) is 0 Å². The second-order valence-corrected chi connectivity index (χ2v) is 5.09. The van der Waals surface area contributed by atoms with E-state index in [0.29, 0.717) is 22.0 Å². The first-order chi connectivity index (χ1) is 9.50. The second-order valence-electron chi connectivity index (χ2n) is 4.03. The van der Waals surface area contributed by atoms with Crippen molar-refractivity contribution < 1.29 is 17.9 Å². The van der Waals surface area contributed by atoms with Crippen LogP contribution in [0.5, 0.6) is 5.75 Å². The summed E-state index contributed by atoms with van der Waals surface area (Å²) in [6.07, 6.45) is -3.16. The lowest BCUT2D eigenvalue weighted by Crippen LogP contribution is -2.22. The van der Waals surface area contributed by atoms with E-state index in [4.69, 9.17) is 4.74 Å². The Morgan fingerprint density at radius 3 is 2.55 bits per heavy atom. The number of halogens is 3. The lowest BCUT2D eigenvalue weighted by molar-refractivity contribution is -0.137. The van der Waals surface area contributed by atoms with E-state index >= 15 is 0 Å². The van der Waals surface area contributed by atoms with Gasteiger partial charge in [-0.3, -0.25) is 0 Å². The molecule has 0 bridgehead atoms. The Kier molecular flexibility index (Phi) is 4.61. The molecule has 0 radical (unpaired) electrons. The summed E-state index contributed by atoms with van der Waals surface area (Å²) in [5.41, 5.74) is 0. The highest BCUT2D eigenvalue weighted by Gasteiger charge is 2.35. The number of thiazole rings is 1. The molecule has 108 valence electrons. The summed E-state index contributed by atoms with van der Waals surface area (Å²) in [6, 6.07) is 8.78. The first-order valence-electron chi connectivity index (χ1n) is 5.88. The fraction of sp³-hybridized carbons (Fsp3) is 0.308. The lowest BCUT2D eigenvalue weighted by atomic mass is 10.3. The van der Waals surface area contributed by atoms with Crippen LogP contribution < -0.4 is 10.1 Å². The number of benzene rings is 1. The molecular weight excluding hydrogens is 289 g/mol. The van der Waals surface area contributed by atoms with Crippen LogP contribution in [-0.4, -0.2) is 18.6 Å².